The van der Waals surface area contributed by atoms with Crippen LogP contribution in [0.15, 0.2) is 29.4 Å². The van der Waals surface area contributed by atoms with E-state index in [2.05, 4.69) is 29.0 Å². The Kier molecular flexibility index (Phi) is 5.25. The SMILES string of the molecule is COCCC(C)(C)CSc1n[nH]c(-c2ccccc2O)n1. The number of hydrogen-bond donors (Lipinski definition) is 2. The Morgan fingerprint density at radius 1 is 1.33 bits per heavy atom. The summed E-state index contributed by atoms with van der Waals surface area (Å²) in [7, 11) is 1.72. The van der Waals surface area contributed by atoms with Crippen molar-refractivity contribution in [2.24, 2.45) is 5.41 Å². The molecule has 2 rings (SSSR count). The number of phenols is 1. The number of H-pyrrole nitrogens is 1. The number of methoxy groups -OCH3 is 1. The van der Waals surface area contributed by atoms with Gasteiger partial charge in [-0.25, -0.2) is 4.98 Å². The molecule has 2 N–H and O–H groups in total. The Hall–Kier alpha value is -1.53. The predicted molar refractivity (Wildman–Crippen MR) is 84.5 cm³/mol. The molecule has 0 aliphatic rings. The normalized spacial score (nSPS) is 11.8. The monoisotopic (exact) mass is 307 g/mol. The molecule has 1 aromatic heterocycles. The number of hydrogen-bond acceptors (Lipinski definition) is 5. The summed E-state index contributed by atoms with van der Waals surface area (Å²) in [5.41, 5.74) is 0.826. The van der Waals surface area contributed by atoms with E-state index in [0.717, 1.165) is 18.8 Å². The highest BCUT2D eigenvalue weighted by molar-refractivity contribution is 7.99. The van der Waals surface area contributed by atoms with Crippen molar-refractivity contribution < 1.29 is 9.84 Å². The molecule has 0 fully saturated rings. The maximum Gasteiger partial charge on any atom is 0.208 e. The van der Waals surface area contributed by atoms with E-state index in [4.69, 9.17) is 4.74 Å². The summed E-state index contributed by atoms with van der Waals surface area (Å²) in [4.78, 5) is 4.43. The number of aromatic hydroxyl groups is 1. The second-order valence-electron chi connectivity index (χ2n) is 5.68. The summed E-state index contributed by atoms with van der Waals surface area (Å²) >= 11 is 1.61. The molecule has 0 saturated carbocycles. The van der Waals surface area contributed by atoms with Crippen LogP contribution in [0.3, 0.4) is 0 Å². The summed E-state index contributed by atoms with van der Waals surface area (Å²) in [5.74, 6) is 1.70. The number of nitrogens with one attached hydrogen (secondary N) is 1. The third-order valence-electron chi connectivity index (χ3n) is 3.20. The van der Waals surface area contributed by atoms with Gasteiger partial charge in [-0.3, -0.25) is 5.10 Å². The minimum Gasteiger partial charge on any atom is -0.507 e. The van der Waals surface area contributed by atoms with Gasteiger partial charge in [0.2, 0.25) is 5.16 Å². The average molecular weight is 307 g/mol. The van der Waals surface area contributed by atoms with Crippen LogP contribution in [0.2, 0.25) is 0 Å². The van der Waals surface area contributed by atoms with Crippen LogP contribution in [0.1, 0.15) is 20.3 Å². The topological polar surface area (TPSA) is 71.0 Å². The molecule has 0 bridgehead atoms. The van der Waals surface area contributed by atoms with Gasteiger partial charge in [-0.2, -0.15) is 0 Å². The lowest BCUT2D eigenvalue weighted by Gasteiger charge is -2.22. The number of nitrogens with zero attached hydrogens (tertiary/aromatic N) is 2. The quantitative estimate of drug-likeness (QED) is 0.768. The van der Waals surface area contributed by atoms with E-state index in [1.807, 2.05) is 12.1 Å². The van der Waals surface area contributed by atoms with Crippen LogP contribution in [0, 0.1) is 5.41 Å². The molecular weight excluding hydrogens is 286 g/mol. The Labute approximate surface area is 129 Å². The largest absolute Gasteiger partial charge is 0.507 e. The van der Waals surface area contributed by atoms with Gasteiger partial charge in [-0.15, -0.1) is 5.10 Å². The van der Waals surface area contributed by atoms with Crippen molar-refractivity contribution >= 4 is 11.8 Å². The van der Waals surface area contributed by atoms with Gasteiger partial charge in [-0.1, -0.05) is 37.7 Å². The third kappa shape index (κ3) is 4.47. The van der Waals surface area contributed by atoms with Crippen LogP contribution in [0.5, 0.6) is 5.75 Å². The number of phenolic OH excluding ortho intramolecular Hbond substituents is 1. The number of thioether (sulfide) groups is 1. The molecule has 0 saturated heterocycles. The maximum atomic E-state index is 9.82. The summed E-state index contributed by atoms with van der Waals surface area (Å²) < 4.78 is 5.13. The Balaban J connectivity index is 1.99. The van der Waals surface area contributed by atoms with Gasteiger partial charge >= 0.3 is 0 Å². The molecular formula is C15H21N3O2S. The van der Waals surface area contributed by atoms with Gasteiger partial charge < -0.3 is 9.84 Å². The zero-order chi connectivity index (χ0) is 15.3. The second-order valence-corrected chi connectivity index (χ2v) is 6.62. The summed E-state index contributed by atoms with van der Waals surface area (Å²) in [6.45, 7) is 5.16. The molecule has 21 heavy (non-hydrogen) atoms. The average Bonchev–Trinajstić information content (AvgIpc) is 2.92. The van der Waals surface area contributed by atoms with Crippen molar-refractivity contribution in [3.63, 3.8) is 0 Å². The zero-order valence-electron chi connectivity index (χ0n) is 12.6. The van der Waals surface area contributed by atoms with Crippen molar-refractivity contribution in [3.8, 4) is 17.1 Å². The fraction of sp³-hybridized carbons (Fsp3) is 0.467. The fourth-order valence-corrected chi connectivity index (χ4v) is 2.75. The highest BCUT2D eigenvalue weighted by Crippen LogP contribution is 2.31. The molecule has 0 amide bonds. The van der Waals surface area contributed by atoms with Gasteiger partial charge in [0.05, 0.1) is 5.56 Å². The van der Waals surface area contributed by atoms with E-state index in [9.17, 15) is 5.11 Å². The molecule has 0 radical (unpaired) electrons. The first-order chi connectivity index (χ1) is 10.0. The minimum atomic E-state index is 0.163. The molecule has 6 heteroatoms. The predicted octanol–water partition coefficient (Wildman–Crippen LogP) is 3.33. The number of benzene rings is 1. The highest BCUT2D eigenvalue weighted by Gasteiger charge is 2.19. The van der Waals surface area contributed by atoms with Gasteiger partial charge in [0.15, 0.2) is 5.82 Å². The number of para-hydroxylation sites is 1. The van der Waals surface area contributed by atoms with Gasteiger partial charge in [-0.05, 0) is 24.0 Å². The molecule has 0 atom stereocenters. The van der Waals surface area contributed by atoms with Crippen LogP contribution >= 0.6 is 11.8 Å². The molecule has 0 spiro atoms. The summed E-state index contributed by atoms with van der Waals surface area (Å²) in [5, 5.41) is 17.6. The lowest BCUT2D eigenvalue weighted by atomic mass is 9.92. The molecule has 5 nitrogen and oxygen atoms in total. The van der Waals surface area contributed by atoms with Crippen molar-refractivity contribution in [3.05, 3.63) is 24.3 Å². The third-order valence-corrected chi connectivity index (χ3v) is 4.57. The lowest BCUT2D eigenvalue weighted by molar-refractivity contribution is 0.161. The first-order valence-electron chi connectivity index (χ1n) is 6.84. The first kappa shape index (κ1) is 15.9. The van der Waals surface area contributed by atoms with E-state index < -0.39 is 0 Å². The molecule has 1 aromatic carbocycles. The van der Waals surface area contributed by atoms with Crippen molar-refractivity contribution in [2.75, 3.05) is 19.5 Å². The molecule has 114 valence electrons. The maximum absolute atomic E-state index is 9.82. The van der Waals surface area contributed by atoms with Crippen LogP contribution in [0.4, 0.5) is 0 Å². The summed E-state index contributed by atoms with van der Waals surface area (Å²) in [6, 6.07) is 7.09. The van der Waals surface area contributed by atoms with Crippen molar-refractivity contribution in [1.29, 1.82) is 0 Å². The number of aromatic amines is 1. The van der Waals surface area contributed by atoms with Crippen molar-refractivity contribution in [1.82, 2.24) is 15.2 Å². The van der Waals surface area contributed by atoms with Crippen LogP contribution < -0.4 is 0 Å². The summed E-state index contributed by atoms with van der Waals surface area (Å²) in [6.07, 6.45) is 0.993. The van der Waals surface area contributed by atoms with E-state index in [1.165, 1.54) is 0 Å². The number of aromatic nitrogens is 3. The van der Waals surface area contributed by atoms with E-state index in [-0.39, 0.29) is 11.2 Å². The lowest BCUT2D eigenvalue weighted by Crippen LogP contribution is -2.17. The van der Waals surface area contributed by atoms with Gasteiger partial charge in [0, 0.05) is 19.5 Å². The molecule has 2 aromatic rings. The van der Waals surface area contributed by atoms with Crippen LogP contribution in [0.25, 0.3) is 11.4 Å². The van der Waals surface area contributed by atoms with E-state index >= 15 is 0 Å². The van der Waals surface area contributed by atoms with Gasteiger partial charge in [0.25, 0.3) is 0 Å². The molecule has 0 unspecified atom stereocenters. The minimum absolute atomic E-state index is 0.163. The Bertz CT molecular complexity index is 584. The first-order valence-corrected chi connectivity index (χ1v) is 7.83. The fourth-order valence-electron chi connectivity index (χ4n) is 1.82. The number of rotatable bonds is 7. The molecule has 1 heterocycles. The van der Waals surface area contributed by atoms with Crippen LogP contribution in [-0.2, 0) is 4.74 Å². The highest BCUT2D eigenvalue weighted by atomic mass is 32.2. The standard InChI is InChI=1S/C15H21N3O2S/c1-15(2,8-9-20-3)10-21-14-16-13(17-18-14)11-6-4-5-7-12(11)19/h4-7,19H,8-10H2,1-3H3,(H,16,17,18). The Morgan fingerprint density at radius 3 is 2.81 bits per heavy atom. The van der Waals surface area contributed by atoms with E-state index in [1.54, 1.807) is 31.0 Å². The molecule has 0 aliphatic heterocycles. The van der Waals surface area contributed by atoms with Crippen molar-refractivity contribution in [2.45, 2.75) is 25.4 Å². The van der Waals surface area contributed by atoms with E-state index in [0.29, 0.717) is 16.5 Å². The number of ether oxygens (including phenoxy) is 1. The zero-order valence-corrected chi connectivity index (χ0v) is 13.4. The van der Waals surface area contributed by atoms with Gasteiger partial charge in [0.1, 0.15) is 5.75 Å². The molecule has 0 aliphatic carbocycles. The Morgan fingerprint density at radius 2 is 2.10 bits per heavy atom. The second kappa shape index (κ2) is 6.95. The smallest absolute Gasteiger partial charge is 0.208 e. The van der Waals surface area contributed by atoms with Crippen LogP contribution in [-0.4, -0.2) is 39.8 Å².